The number of rotatable bonds is 10. The summed E-state index contributed by atoms with van der Waals surface area (Å²) in [5.74, 6) is -3.76. The summed E-state index contributed by atoms with van der Waals surface area (Å²) in [7, 11) is -6.14. The van der Waals surface area contributed by atoms with Gasteiger partial charge in [-0.15, -0.1) is 0 Å². The quantitative estimate of drug-likeness (QED) is 0.218. The first-order valence-electron chi connectivity index (χ1n) is 14.6. The molecule has 5 atom stereocenters. The highest BCUT2D eigenvalue weighted by Crippen LogP contribution is 2.60. The van der Waals surface area contributed by atoms with Crippen molar-refractivity contribution in [3.05, 3.63) is 0 Å². The minimum Gasteiger partial charge on any atom is -0.465 e. The Balaban J connectivity index is 1.10. The van der Waals surface area contributed by atoms with Crippen molar-refractivity contribution in [2.24, 2.45) is 46.3 Å². The first kappa shape index (κ1) is 29.6. The predicted molar refractivity (Wildman–Crippen MR) is 135 cm³/mol. The van der Waals surface area contributed by atoms with E-state index in [-0.39, 0.29) is 47.1 Å². The monoisotopic (exact) mass is 616 g/mol. The fourth-order valence-electron chi connectivity index (χ4n) is 9.25. The van der Waals surface area contributed by atoms with Crippen LogP contribution in [0, 0.1) is 46.3 Å². The van der Waals surface area contributed by atoms with E-state index >= 15 is 0 Å². The van der Waals surface area contributed by atoms with Crippen LogP contribution in [0.25, 0.3) is 0 Å². The zero-order chi connectivity index (χ0) is 30.2. The smallest absolute Gasteiger partial charge is 0.465 e. The lowest BCUT2D eigenvalue weighted by atomic mass is 9.49. The Bertz CT molecular complexity index is 1290. The van der Waals surface area contributed by atoms with Gasteiger partial charge in [-0.1, -0.05) is 0 Å². The third-order valence-corrected chi connectivity index (χ3v) is 11.6. The Morgan fingerprint density at radius 2 is 1.24 bits per heavy atom. The van der Waals surface area contributed by atoms with Crippen LogP contribution >= 0.6 is 0 Å². The van der Waals surface area contributed by atoms with E-state index in [0.717, 1.165) is 25.7 Å². The van der Waals surface area contributed by atoms with Crippen LogP contribution in [-0.2, 0) is 48.3 Å². The Morgan fingerprint density at radius 1 is 0.810 bits per heavy atom. The van der Waals surface area contributed by atoms with Gasteiger partial charge in [0.05, 0.1) is 17.4 Å². The molecule has 8 aliphatic rings. The van der Waals surface area contributed by atoms with E-state index in [9.17, 15) is 41.2 Å². The van der Waals surface area contributed by atoms with E-state index in [0.29, 0.717) is 38.5 Å². The molecule has 5 unspecified atom stereocenters. The number of halogens is 2. The predicted octanol–water partition coefficient (Wildman–Crippen LogP) is 2.65. The second-order valence-corrected chi connectivity index (χ2v) is 15.1. The Hall–Kier alpha value is -2.48. The van der Waals surface area contributed by atoms with Crippen LogP contribution in [0.3, 0.4) is 0 Å². The van der Waals surface area contributed by atoms with Crippen LogP contribution in [0.4, 0.5) is 8.78 Å². The molecule has 8 rings (SSSR count). The molecule has 0 radical (unpaired) electrons. The number of carbonyl (C=O) groups is 5. The zero-order valence-corrected chi connectivity index (χ0v) is 23.7. The maximum Gasteiger partial charge on any atom is 0.465 e. The largest absolute Gasteiger partial charge is 0.465 e. The molecule has 232 valence electrons. The van der Waals surface area contributed by atoms with Gasteiger partial charge < -0.3 is 14.2 Å². The lowest BCUT2D eigenvalue weighted by molar-refractivity contribution is -0.185. The summed E-state index contributed by atoms with van der Waals surface area (Å²) in [6, 6.07) is 0. The third-order valence-electron chi connectivity index (χ3n) is 10.8. The van der Waals surface area contributed by atoms with Crippen molar-refractivity contribution in [3.63, 3.8) is 0 Å². The van der Waals surface area contributed by atoms with E-state index < -0.39 is 69.8 Å². The molecule has 8 saturated carbocycles. The Labute approximate surface area is 241 Å². The molecule has 1 N–H and O–H groups in total. The van der Waals surface area contributed by atoms with Gasteiger partial charge in [0.1, 0.15) is 24.3 Å². The van der Waals surface area contributed by atoms with Crippen molar-refractivity contribution >= 4 is 39.6 Å². The lowest BCUT2D eigenvalue weighted by Gasteiger charge is -2.54. The molecule has 0 saturated heterocycles. The summed E-state index contributed by atoms with van der Waals surface area (Å²) in [6.45, 7) is -1.13. The number of hydrogen-bond donors (Lipinski definition) is 1. The average Bonchev–Trinajstić information content (AvgIpc) is 2.91. The molecule has 0 heterocycles. The van der Waals surface area contributed by atoms with Crippen LogP contribution in [-0.4, -0.2) is 67.0 Å². The van der Waals surface area contributed by atoms with E-state index in [4.69, 9.17) is 14.0 Å². The van der Waals surface area contributed by atoms with E-state index in [2.05, 4.69) is 4.74 Å². The van der Waals surface area contributed by atoms with Crippen LogP contribution in [0.15, 0.2) is 0 Å². The molecule has 0 aromatic heterocycles. The first-order valence-corrected chi connectivity index (χ1v) is 16.0. The fraction of sp³-hybridized carbons (Fsp3) is 0.821. The van der Waals surface area contributed by atoms with Gasteiger partial charge in [-0.25, -0.2) is 4.79 Å². The second kappa shape index (κ2) is 10.0. The number of Topliss-reactive ketones (excluding diaryl/α,β-unsaturated/α-hetero) is 2. The van der Waals surface area contributed by atoms with Crippen molar-refractivity contribution in [2.45, 2.75) is 82.0 Å². The normalized spacial score (nSPS) is 38.8. The van der Waals surface area contributed by atoms with E-state index in [1.165, 1.54) is 0 Å². The van der Waals surface area contributed by atoms with Crippen LogP contribution in [0.2, 0.25) is 0 Å². The first-order chi connectivity index (χ1) is 19.6. The number of ketones is 2. The highest BCUT2D eigenvalue weighted by molar-refractivity contribution is 7.87. The molecule has 14 heteroatoms. The van der Waals surface area contributed by atoms with Crippen LogP contribution in [0.5, 0.6) is 0 Å². The summed E-state index contributed by atoms with van der Waals surface area (Å²) in [5.41, 5.74) is -1.71. The molecule has 0 aliphatic heterocycles. The molecule has 0 spiro atoms. The van der Waals surface area contributed by atoms with Gasteiger partial charge in [0, 0.05) is 30.1 Å². The van der Waals surface area contributed by atoms with E-state index in [1.807, 2.05) is 0 Å². The molecule has 11 nitrogen and oxygen atoms in total. The summed E-state index contributed by atoms with van der Waals surface area (Å²) >= 11 is 0. The number of carbonyl (C=O) groups excluding carboxylic acids is 5. The second-order valence-electron chi connectivity index (χ2n) is 13.6. The number of alkyl halides is 2. The highest BCUT2D eigenvalue weighted by Gasteiger charge is 2.60. The van der Waals surface area contributed by atoms with Crippen molar-refractivity contribution in [2.75, 3.05) is 13.2 Å². The van der Waals surface area contributed by atoms with Crippen molar-refractivity contribution in [1.82, 2.24) is 0 Å². The highest BCUT2D eigenvalue weighted by atomic mass is 32.2. The van der Waals surface area contributed by atoms with Gasteiger partial charge in [0.15, 0.2) is 0 Å². The molecule has 42 heavy (non-hydrogen) atoms. The number of esters is 3. The van der Waals surface area contributed by atoms with Gasteiger partial charge in [-0.3, -0.25) is 23.7 Å². The Morgan fingerprint density at radius 3 is 1.67 bits per heavy atom. The van der Waals surface area contributed by atoms with Gasteiger partial charge >= 0.3 is 33.3 Å². The van der Waals surface area contributed by atoms with E-state index in [1.54, 1.807) is 0 Å². The van der Waals surface area contributed by atoms with Crippen LogP contribution in [0.1, 0.15) is 70.6 Å². The number of ether oxygens (including phenoxy) is 3. The fourth-order valence-corrected chi connectivity index (χ4v) is 9.51. The Kier molecular flexibility index (Phi) is 7.07. The van der Waals surface area contributed by atoms with Crippen molar-refractivity contribution in [1.29, 1.82) is 0 Å². The molecule has 8 aliphatic carbocycles. The topological polar surface area (TPSA) is 167 Å². The summed E-state index contributed by atoms with van der Waals surface area (Å²) < 4.78 is 74.4. The van der Waals surface area contributed by atoms with Crippen LogP contribution < -0.4 is 0 Å². The molecule has 8 fully saturated rings. The van der Waals surface area contributed by atoms with Gasteiger partial charge in [-0.05, 0) is 76.0 Å². The number of hydrogen-bond acceptors (Lipinski definition) is 10. The third kappa shape index (κ3) is 4.86. The molecule has 8 bridgehead atoms. The summed E-state index contributed by atoms with van der Waals surface area (Å²) in [6.07, 6.45) is 3.51. The maximum atomic E-state index is 14.0. The van der Waals surface area contributed by atoms with Gasteiger partial charge in [-0.2, -0.15) is 17.2 Å². The minimum atomic E-state index is -6.14. The van der Waals surface area contributed by atoms with Gasteiger partial charge in [0.2, 0.25) is 0 Å². The molecule has 0 amide bonds. The zero-order valence-electron chi connectivity index (χ0n) is 22.9. The standard InChI is InChI=1S/C28H34F2O11S/c29-28(30,42(36,37)38)25(35)41-20(13-40-24(34)27-8-15-5-18(11-27)22(32)19(6-15)12-27)1-2-39-23(33)26-7-14-3-16(9-26)21(31)17(4-14)10-26/h14-20H,1-13H2,(H,36,37,38). The summed E-state index contributed by atoms with van der Waals surface area (Å²) in [4.78, 5) is 63.4. The molecular weight excluding hydrogens is 582 g/mol. The van der Waals surface area contributed by atoms with Crippen molar-refractivity contribution < 1.29 is 59.9 Å². The minimum absolute atomic E-state index is 0.152. The van der Waals surface area contributed by atoms with Crippen molar-refractivity contribution in [3.8, 4) is 0 Å². The van der Waals surface area contributed by atoms with Gasteiger partial charge in [0.25, 0.3) is 0 Å². The molecule has 0 aromatic rings. The maximum absolute atomic E-state index is 14.0. The molecular formula is C28H34F2O11S. The average molecular weight is 617 g/mol. The summed E-state index contributed by atoms with van der Waals surface area (Å²) in [5, 5.41) is -5.27. The SMILES string of the molecule is O=C1C2CC3CC1CC(C(=O)OCCC(COC(=O)C14CC5CC(C1)C(=O)C(C5)C4)OC(=O)C(F)(F)S(=O)(=O)O)(C3)C2. The lowest BCUT2D eigenvalue weighted by Crippen LogP contribution is -2.55. The molecule has 0 aromatic carbocycles.